The highest BCUT2D eigenvalue weighted by atomic mass is 16.6. The fourth-order valence-electron chi connectivity index (χ4n) is 1.99. The van der Waals surface area contributed by atoms with Crippen molar-refractivity contribution in [1.82, 2.24) is 10.9 Å². The van der Waals surface area contributed by atoms with Crippen LogP contribution >= 0.6 is 0 Å². The van der Waals surface area contributed by atoms with Crippen LogP contribution in [-0.2, 0) is 0 Å². The number of hydrogen-bond donors (Lipinski definition) is 2. The van der Waals surface area contributed by atoms with Gasteiger partial charge in [-0.2, -0.15) is 0 Å². The molecule has 1 aliphatic rings. The van der Waals surface area contributed by atoms with Gasteiger partial charge in [-0.15, -0.1) is 0 Å². The van der Waals surface area contributed by atoms with Gasteiger partial charge in [-0.05, 0) is 37.3 Å². The molecule has 0 saturated heterocycles. The zero-order chi connectivity index (χ0) is 15.5. The number of amides is 2. The van der Waals surface area contributed by atoms with Gasteiger partial charge in [-0.25, -0.2) is 0 Å². The van der Waals surface area contributed by atoms with Crippen LogP contribution in [0.1, 0.15) is 26.7 Å². The number of fused-ring (bicyclic) bond motifs is 1. The van der Waals surface area contributed by atoms with Gasteiger partial charge in [0.05, 0.1) is 0 Å². The second kappa shape index (κ2) is 5.80. The number of aryl methyl sites for hydroxylation is 1. The molecule has 1 aromatic heterocycles. The molecule has 0 spiro atoms. The average molecular weight is 302 g/mol. The first kappa shape index (κ1) is 14.0. The number of nitrogens with one attached hydrogen (secondary N) is 2. The summed E-state index contributed by atoms with van der Waals surface area (Å²) in [7, 11) is 0. The number of ether oxygens (including phenoxy) is 2. The molecule has 0 saturated carbocycles. The molecule has 0 atom stereocenters. The molecule has 2 heterocycles. The van der Waals surface area contributed by atoms with Gasteiger partial charge in [0, 0.05) is 5.56 Å². The first-order valence-corrected chi connectivity index (χ1v) is 6.70. The molecule has 2 aromatic rings. The van der Waals surface area contributed by atoms with Crippen molar-refractivity contribution in [3.05, 3.63) is 47.4 Å². The Morgan fingerprint density at radius 2 is 1.68 bits per heavy atom. The van der Waals surface area contributed by atoms with E-state index < -0.39 is 11.8 Å². The molecule has 2 N–H and O–H groups in total. The van der Waals surface area contributed by atoms with Crippen molar-refractivity contribution in [2.24, 2.45) is 0 Å². The minimum atomic E-state index is -0.529. The largest absolute Gasteiger partial charge is 0.486 e. The van der Waals surface area contributed by atoms with Gasteiger partial charge in [-0.3, -0.25) is 20.4 Å². The Kier molecular flexibility index (Phi) is 3.69. The van der Waals surface area contributed by atoms with Crippen LogP contribution in [0.5, 0.6) is 11.5 Å². The van der Waals surface area contributed by atoms with Crippen LogP contribution in [0.15, 0.2) is 34.7 Å². The summed E-state index contributed by atoms with van der Waals surface area (Å²) in [4.78, 5) is 23.8. The summed E-state index contributed by atoms with van der Waals surface area (Å²) < 4.78 is 15.9. The predicted octanol–water partition coefficient (Wildman–Crippen LogP) is 1.43. The smallest absolute Gasteiger partial charge is 0.305 e. The lowest BCUT2D eigenvalue weighted by Gasteiger charge is -2.18. The number of carbonyl (C=O) groups excluding carboxylic acids is 2. The van der Waals surface area contributed by atoms with E-state index in [-0.39, 0.29) is 5.76 Å². The minimum Gasteiger partial charge on any atom is -0.486 e. The summed E-state index contributed by atoms with van der Waals surface area (Å²) in [6.45, 7) is 2.65. The molecule has 7 heteroatoms. The van der Waals surface area contributed by atoms with Crippen molar-refractivity contribution in [2.75, 3.05) is 13.2 Å². The van der Waals surface area contributed by atoms with Crippen molar-refractivity contribution in [2.45, 2.75) is 6.92 Å². The quantitative estimate of drug-likeness (QED) is 0.819. The number of carbonyl (C=O) groups is 2. The zero-order valence-electron chi connectivity index (χ0n) is 11.8. The van der Waals surface area contributed by atoms with Gasteiger partial charge in [0.15, 0.2) is 17.3 Å². The second-order valence-electron chi connectivity index (χ2n) is 4.68. The predicted molar refractivity (Wildman–Crippen MR) is 75.8 cm³/mol. The first-order chi connectivity index (χ1) is 10.6. The molecule has 0 fully saturated rings. The lowest BCUT2D eigenvalue weighted by atomic mass is 10.2. The summed E-state index contributed by atoms with van der Waals surface area (Å²) >= 11 is 0. The molecule has 114 valence electrons. The van der Waals surface area contributed by atoms with E-state index in [0.29, 0.717) is 36.0 Å². The van der Waals surface area contributed by atoms with Crippen molar-refractivity contribution in [3.63, 3.8) is 0 Å². The Balaban J connectivity index is 1.63. The Morgan fingerprint density at radius 3 is 2.41 bits per heavy atom. The third-order valence-electron chi connectivity index (χ3n) is 3.06. The van der Waals surface area contributed by atoms with Crippen LogP contribution in [0.2, 0.25) is 0 Å². The first-order valence-electron chi connectivity index (χ1n) is 6.70. The van der Waals surface area contributed by atoms with E-state index in [4.69, 9.17) is 13.9 Å². The fourth-order valence-corrected chi connectivity index (χ4v) is 1.99. The average Bonchev–Trinajstić information content (AvgIpc) is 2.98. The Labute approximate surface area is 126 Å². The second-order valence-corrected chi connectivity index (χ2v) is 4.68. The van der Waals surface area contributed by atoms with Crippen LogP contribution in [0.3, 0.4) is 0 Å². The standard InChI is InChI=1S/C15H14N2O5/c1-9-2-4-12(22-9)15(19)17-16-14(18)10-3-5-11-13(8-10)21-7-6-20-11/h2-5,8H,6-7H2,1H3,(H,16,18)(H,17,19). The summed E-state index contributed by atoms with van der Waals surface area (Å²) in [6, 6.07) is 8.00. The van der Waals surface area contributed by atoms with Crippen molar-refractivity contribution >= 4 is 11.8 Å². The van der Waals surface area contributed by atoms with Gasteiger partial charge in [-0.1, -0.05) is 0 Å². The van der Waals surface area contributed by atoms with Gasteiger partial charge in [0.1, 0.15) is 19.0 Å². The van der Waals surface area contributed by atoms with Crippen LogP contribution < -0.4 is 20.3 Å². The summed E-state index contributed by atoms with van der Waals surface area (Å²) in [5.74, 6) is 0.848. The van der Waals surface area contributed by atoms with E-state index in [9.17, 15) is 9.59 Å². The zero-order valence-corrected chi connectivity index (χ0v) is 11.8. The third-order valence-corrected chi connectivity index (χ3v) is 3.06. The van der Waals surface area contributed by atoms with E-state index in [1.165, 1.54) is 6.07 Å². The number of rotatable bonds is 2. The van der Waals surface area contributed by atoms with Crippen LogP contribution in [0.4, 0.5) is 0 Å². The normalized spacial score (nSPS) is 12.6. The van der Waals surface area contributed by atoms with Gasteiger partial charge < -0.3 is 13.9 Å². The van der Waals surface area contributed by atoms with Crippen LogP contribution in [0.25, 0.3) is 0 Å². The fraction of sp³-hybridized carbons (Fsp3) is 0.200. The molecule has 0 radical (unpaired) electrons. The van der Waals surface area contributed by atoms with Crippen LogP contribution in [0, 0.1) is 6.92 Å². The minimum absolute atomic E-state index is 0.125. The highest BCUT2D eigenvalue weighted by Gasteiger charge is 2.16. The number of furan rings is 1. The molecule has 0 aliphatic carbocycles. The molecular formula is C15H14N2O5. The van der Waals surface area contributed by atoms with E-state index in [1.807, 2.05) is 0 Å². The molecule has 2 amide bonds. The van der Waals surface area contributed by atoms with Gasteiger partial charge >= 0.3 is 5.91 Å². The van der Waals surface area contributed by atoms with E-state index >= 15 is 0 Å². The molecule has 0 bridgehead atoms. The highest BCUT2D eigenvalue weighted by Crippen LogP contribution is 2.30. The van der Waals surface area contributed by atoms with Crippen LogP contribution in [-0.4, -0.2) is 25.0 Å². The number of benzene rings is 1. The molecule has 1 aromatic carbocycles. The number of hydrazine groups is 1. The molecule has 1 aliphatic heterocycles. The monoisotopic (exact) mass is 302 g/mol. The Bertz CT molecular complexity index is 722. The molecule has 3 rings (SSSR count). The molecule has 7 nitrogen and oxygen atoms in total. The van der Waals surface area contributed by atoms with E-state index in [0.717, 1.165) is 0 Å². The topological polar surface area (TPSA) is 89.8 Å². The molecular weight excluding hydrogens is 288 g/mol. The van der Waals surface area contributed by atoms with Crippen molar-refractivity contribution < 1.29 is 23.5 Å². The highest BCUT2D eigenvalue weighted by molar-refractivity contribution is 5.98. The summed E-state index contributed by atoms with van der Waals surface area (Å²) in [6.07, 6.45) is 0. The SMILES string of the molecule is Cc1ccc(C(=O)NNC(=O)c2ccc3c(c2)OCCO3)o1. The van der Waals surface area contributed by atoms with Gasteiger partial charge in [0.25, 0.3) is 5.91 Å². The molecule has 0 unspecified atom stereocenters. The molecule has 22 heavy (non-hydrogen) atoms. The summed E-state index contributed by atoms with van der Waals surface area (Å²) in [5.41, 5.74) is 4.95. The lowest BCUT2D eigenvalue weighted by Crippen LogP contribution is -2.41. The van der Waals surface area contributed by atoms with E-state index in [1.54, 1.807) is 31.2 Å². The van der Waals surface area contributed by atoms with Gasteiger partial charge in [0.2, 0.25) is 0 Å². The Morgan fingerprint density at radius 1 is 0.955 bits per heavy atom. The van der Waals surface area contributed by atoms with Crippen molar-refractivity contribution in [3.8, 4) is 11.5 Å². The number of hydrogen-bond acceptors (Lipinski definition) is 5. The lowest BCUT2D eigenvalue weighted by molar-refractivity contribution is 0.0829. The maximum Gasteiger partial charge on any atom is 0.305 e. The maximum absolute atomic E-state index is 12.0. The maximum atomic E-state index is 12.0. The summed E-state index contributed by atoms with van der Waals surface area (Å²) in [5, 5.41) is 0. The van der Waals surface area contributed by atoms with Crippen molar-refractivity contribution in [1.29, 1.82) is 0 Å². The Hall–Kier alpha value is -2.96. The third kappa shape index (κ3) is 2.88. The van der Waals surface area contributed by atoms with E-state index in [2.05, 4.69) is 10.9 Å².